The Morgan fingerprint density at radius 3 is 2.80 bits per heavy atom. The predicted molar refractivity (Wildman–Crippen MR) is 43.4 cm³/mol. The molecule has 1 aromatic rings. The fourth-order valence-corrected chi connectivity index (χ4v) is 0.783. The van der Waals surface area contributed by atoms with Gasteiger partial charge < -0.3 is 0 Å². The van der Waals surface area contributed by atoms with Crippen molar-refractivity contribution in [3.05, 3.63) is 0 Å². The second-order valence-electron chi connectivity index (χ2n) is 1.69. The van der Waals surface area contributed by atoms with Crippen molar-refractivity contribution in [3.63, 3.8) is 0 Å². The Hall–Kier alpha value is -0.710. The third-order valence-electron chi connectivity index (χ3n) is 0.997. The third kappa shape index (κ3) is 1.41. The first-order valence-corrected chi connectivity index (χ1v) is 3.01. The van der Waals surface area contributed by atoms with Crippen molar-refractivity contribution in [1.29, 1.82) is 5.53 Å². The molecule has 4 nitrogen and oxygen atoms in total. The summed E-state index contributed by atoms with van der Waals surface area (Å²) in [5, 5.41) is 3.55. The molecule has 1 heterocycles. The van der Waals surface area contributed by atoms with Crippen LogP contribution in [-0.2, 0) is 0 Å². The standard InChI is InChI=1S/C3H4B2N4S/c6-3-5-4-1(9-7)2(10)8-3/h7H,(H3,6,8,10). The average molecular weight is 150 g/mol. The number of aromatic nitrogens is 1. The fourth-order valence-electron chi connectivity index (χ4n) is 0.543. The summed E-state index contributed by atoms with van der Waals surface area (Å²) in [7, 11) is 0. The maximum atomic E-state index is 6.65. The van der Waals surface area contributed by atoms with Crippen molar-refractivity contribution >= 4 is 37.5 Å². The van der Waals surface area contributed by atoms with Gasteiger partial charge in [-0.1, -0.05) is 0 Å². The van der Waals surface area contributed by atoms with E-state index >= 15 is 0 Å². The number of thiol groups is 1. The molecule has 0 spiro atoms. The van der Waals surface area contributed by atoms with E-state index in [1.807, 2.05) is 0 Å². The second-order valence-corrected chi connectivity index (χ2v) is 2.11. The van der Waals surface area contributed by atoms with Gasteiger partial charge in [-0.25, -0.2) is 0 Å². The van der Waals surface area contributed by atoms with Crippen molar-refractivity contribution in [2.45, 2.75) is 5.03 Å². The van der Waals surface area contributed by atoms with Crippen LogP contribution in [0.25, 0.3) is 0 Å². The van der Waals surface area contributed by atoms with Crippen LogP contribution in [0.2, 0.25) is 0 Å². The Kier molecular flexibility index (Phi) is 2.16. The molecule has 0 saturated carbocycles. The van der Waals surface area contributed by atoms with Crippen molar-refractivity contribution in [2.75, 3.05) is 5.73 Å². The summed E-state index contributed by atoms with van der Waals surface area (Å²) < 4.78 is 0. The zero-order chi connectivity index (χ0) is 7.56. The first-order valence-electron chi connectivity index (χ1n) is 2.57. The first kappa shape index (κ1) is 7.40. The molecule has 48 valence electrons. The van der Waals surface area contributed by atoms with E-state index in [-0.39, 0.29) is 0 Å². The second kappa shape index (κ2) is 2.92. The molecule has 7 heteroatoms. The van der Waals surface area contributed by atoms with Gasteiger partial charge in [0, 0.05) is 0 Å². The number of rotatable bonds is 1. The molecule has 0 aliphatic rings. The van der Waals surface area contributed by atoms with Crippen molar-refractivity contribution in [2.24, 2.45) is 5.11 Å². The Morgan fingerprint density at radius 2 is 2.30 bits per heavy atom. The molecule has 0 aliphatic carbocycles. The van der Waals surface area contributed by atoms with Crippen LogP contribution >= 0.6 is 12.6 Å². The van der Waals surface area contributed by atoms with Crippen LogP contribution in [0.15, 0.2) is 10.1 Å². The summed E-state index contributed by atoms with van der Waals surface area (Å²) in [6.45, 7) is 3.17. The molecule has 0 radical (unpaired) electrons. The van der Waals surface area contributed by atoms with Gasteiger partial charge in [-0.15, -0.1) is 0 Å². The van der Waals surface area contributed by atoms with Gasteiger partial charge >= 0.3 is 63.9 Å². The molecule has 3 N–H and O–H groups in total. The number of hydrogen-bond acceptors (Lipinski definition) is 5. The molecule has 0 fully saturated rings. The van der Waals surface area contributed by atoms with Gasteiger partial charge in [0.1, 0.15) is 0 Å². The molecule has 0 bridgehead atoms. The van der Waals surface area contributed by atoms with Crippen LogP contribution in [0, 0.1) is 5.53 Å². The van der Waals surface area contributed by atoms with Gasteiger partial charge in [-0.2, -0.15) is 0 Å². The molecule has 0 aromatic carbocycles. The maximum absolute atomic E-state index is 6.65. The van der Waals surface area contributed by atoms with Gasteiger partial charge in [-0.3, -0.25) is 0 Å². The SMILES string of the molecule is N=Nc1bbc(N)nc1S. The van der Waals surface area contributed by atoms with Crippen LogP contribution in [0.5, 0.6) is 0 Å². The van der Waals surface area contributed by atoms with Crippen molar-refractivity contribution < 1.29 is 0 Å². The van der Waals surface area contributed by atoms with E-state index in [0.717, 1.165) is 0 Å². The van der Waals surface area contributed by atoms with E-state index in [4.69, 9.17) is 11.3 Å². The van der Waals surface area contributed by atoms with Crippen LogP contribution < -0.4 is 5.73 Å². The van der Waals surface area contributed by atoms with Gasteiger partial charge in [0.2, 0.25) is 0 Å². The average Bonchev–Trinajstić information content (AvgIpc) is 1.88. The number of nitrogens with one attached hydrogen (secondary N) is 1. The van der Waals surface area contributed by atoms with Gasteiger partial charge in [0.15, 0.2) is 0 Å². The number of hydrogen-bond donors (Lipinski definition) is 3. The molecule has 0 atom stereocenters. The van der Waals surface area contributed by atoms with Gasteiger partial charge in [0.25, 0.3) is 0 Å². The zero-order valence-electron chi connectivity index (χ0n) is 5.07. The topological polar surface area (TPSA) is 75.1 Å². The number of anilines is 1. The Labute approximate surface area is 64.6 Å². The Bertz CT molecular complexity index is 265. The number of nitrogen functional groups attached to an aromatic ring is 1. The van der Waals surface area contributed by atoms with Crippen molar-refractivity contribution in [1.82, 2.24) is 4.98 Å². The fraction of sp³-hybridized carbons (Fsp3) is 0. The normalized spacial score (nSPS) is 8.50. The van der Waals surface area contributed by atoms with Crippen molar-refractivity contribution in [3.8, 4) is 0 Å². The minimum absolute atomic E-state index is 0.384. The molecule has 0 saturated heterocycles. The molecular weight excluding hydrogens is 146 g/mol. The summed E-state index contributed by atoms with van der Waals surface area (Å²) in [6, 6.07) is 0. The first-order chi connectivity index (χ1) is 4.74. The summed E-state index contributed by atoms with van der Waals surface area (Å²) in [4.78, 5) is 3.77. The summed E-state index contributed by atoms with van der Waals surface area (Å²) in [5.41, 5.74) is 12.8. The van der Waals surface area contributed by atoms with Crippen LogP contribution in [-0.4, -0.2) is 18.6 Å². The van der Waals surface area contributed by atoms with E-state index in [9.17, 15) is 0 Å². The monoisotopic (exact) mass is 150 g/mol. The molecular formula is C3H4B2N4S. The third-order valence-corrected chi connectivity index (χ3v) is 1.33. The molecule has 1 rings (SSSR count). The Morgan fingerprint density at radius 1 is 1.60 bits per heavy atom. The minimum atomic E-state index is 0.384. The molecule has 1 aromatic heterocycles. The summed E-state index contributed by atoms with van der Waals surface area (Å²) in [6.07, 6.45) is 0. The van der Waals surface area contributed by atoms with Crippen LogP contribution in [0.4, 0.5) is 11.3 Å². The number of nitrogens with two attached hydrogens (primary N) is 1. The van der Waals surface area contributed by atoms with Gasteiger partial charge in [-0.05, 0) is 0 Å². The number of nitrogens with zero attached hydrogens (tertiary/aromatic N) is 2. The predicted octanol–water partition coefficient (Wildman–Crippen LogP) is 0.291. The zero-order valence-corrected chi connectivity index (χ0v) is 5.97. The quantitative estimate of drug-likeness (QED) is 0.397. The van der Waals surface area contributed by atoms with E-state index in [1.165, 1.54) is 0 Å². The van der Waals surface area contributed by atoms with Crippen LogP contribution in [0.1, 0.15) is 0 Å². The van der Waals surface area contributed by atoms with E-state index in [1.54, 1.807) is 13.6 Å². The molecule has 0 aliphatic heterocycles. The summed E-state index contributed by atoms with van der Waals surface area (Å²) >= 11 is 3.94. The van der Waals surface area contributed by atoms with Crippen LogP contribution in [0.3, 0.4) is 0 Å². The van der Waals surface area contributed by atoms with Gasteiger partial charge in [0.05, 0.1) is 0 Å². The molecule has 0 unspecified atom stereocenters. The summed E-state index contributed by atoms with van der Waals surface area (Å²) in [5.74, 6) is 0. The molecule has 0 amide bonds. The molecule has 10 heavy (non-hydrogen) atoms. The Balaban J connectivity index is 3.19. The van der Waals surface area contributed by atoms with E-state index in [0.29, 0.717) is 16.3 Å². The van der Waals surface area contributed by atoms with E-state index < -0.39 is 0 Å². The van der Waals surface area contributed by atoms with E-state index in [2.05, 4.69) is 22.7 Å².